The highest BCUT2D eigenvalue weighted by molar-refractivity contribution is 6.13. The molecule has 0 radical (unpaired) electrons. The molecule has 0 saturated carbocycles. The van der Waals surface area contributed by atoms with E-state index in [2.05, 4.69) is 298 Å². The fourth-order valence-electron chi connectivity index (χ4n) is 12.0. The molecule has 0 fully saturated rings. The van der Waals surface area contributed by atoms with E-state index in [1.807, 2.05) is 12.4 Å². The molecule has 0 bridgehead atoms. The Morgan fingerprint density at radius 2 is 0.655 bits per heavy atom. The smallest absolute Gasteiger partial charge is 0.164 e. The van der Waals surface area contributed by atoms with Gasteiger partial charge in [-0.25, -0.2) is 15.0 Å². The third-order valence-corrected chi connectivity index (χ3v) is 16.9. The predicted octanol–water partition coefficient (Wildman–Crippen LogP) is 20.7. The maximum Gasteiger partial charge on any atom is 0.164 e. The minimum Gasteiger partial charge on any atom is -0.309 e. The molecule has 13 aromatic rings. The molecule has 9 aromatic carbocycles. The van der Waals surface area contributed by atoms with Crippen LogP contribution in [-0.2, 0) is 21.7 Å². The summed E-state index contributed by atoms with van der Waals surface area (Å²) in [6, 6.07) is 75.5. The van der Waals surface area contributed by atoms with E-state index in [0.29, 0.717) is 17.5 Å². The first-order chi connectivity index (χ1) is 40.2. The van der Waals surface area contributed by atoms with Crippen LogP contribution in [0.4, 0.5) is 0 Å². The molecule has 414 valence electrons. The number of aromatic nitrogens is 6. The van der Waals surface area contributed by atoms with Crippen LogP contribution in [0, 0.1) is 0 Å². The van der Waals surface area contributed by atoms with Crippen LogP contribution < -0.4 is 0 Å². The number of benzene rings is 9. The molecule has 0 aliphatic heterocycles. The fraction of sp³-hybridized carbons (Fsp3) is 0.205. The van der Waals surface area contributed by atoms with E-state index < -0.39 is 0 Å². The van der Waals surface area contributed by atoms with E-state index in [4.69, 9.17) is 19.9 Å². The van der Waals surface area contributed by atoms with Gasteiger partial charge in [-0.3, -0.25) is 4.98 Å². The lowest BCUT2D eigenvalue weighted by Crippen LogP contribution is -2.17. The van der Waals surface area contributed by atoms with Crippen LogP contribution in [0.15, 0.2) is 219 Å². The molecule has 0 spiro atoms. The van der Waals surface area contributed by atoms with Gasteiger partial charge in [-0.2, -0.15) is 0 Å². The number of nitrogens with zero attached hydrogens (tertiary/aromatic N) is 6. The van der Waals surface area contributed by atoms with Crippen molar-refractivity contribution in [3.05, 3.63) is 241 Å². The van der Waals surface area contributed by atoms with Crippen molar-refractivity contribution in [2.75, 3.05) is 0 Å². The Balaban J connectivity index is 1.11. The molecule has 0 atom stereocenters. The van der Waals surface area contributed by atoms with Crippen molar-refractivity contribution in [1.29, 1.82) is 0 Å². The zero-order chi connectivity index (χ0) is 58.5. The summed E-state index contributed by atoms with van der Waals surface area (Å²) in [7, 11) is 0. The van der Waals surface area contributed by atoms with Crippen LogP contribution in [0.3, 0.4) is 0 Å². The number of pyridine rings is 1. The number of para-hydroxylation sites is 2. The summed E-state index contributed by atoms with van der Waals surface area (Å²) in [4.78, 5) is 21.7. The summed E-state index contributed by atoms with van der Waals surface area (Å²) < 4.78 is 4.85. The summed E-state index contributed by atoms with van der Waals surface area (Å²) in [6.45, 7) is 27.4. The first-order valence-electron chi connectivity index (χ1n) is 29.5. The van der Waals surface area contributed by atoms with Crippen LogP contribution in [0.25, 0.3) is 123 Å². The van der Waals surface area contributed by atoms with E-state index in [9.17, 15) is 0 Å². The number of fused-ring (bicyclic) bond motifs is 6. The molecule has 0 aliphatic rings. The zero-order valence-electron chi connectivity index (χ0n) is 50.5. The van der Waals surface area contributed by atoms with Crippen LogP contribution in [0.1, 0.15) is 105 Å². The van der Waals surface area contributed by atoms with Gasteiger partial charge >= 0.3 is 0 Å². The van der Waals surface area contributed by atoms with Crippen molar-refractivity contribution in [2.24, 2.45) is 0 Å². The Hall–Kier alpha value is -9.26. The van der Waals surface area contributed by atoms with Crippen molar-refractivity contribution in [2.45, 2.75) is 105 Å². The molecule has 4 aromatic heterocycles. The lowest BCUT2D eigenvalue weighted by molar-refractivity contribution is 0.568. The molecule has 0 unspecified atom stereocenters. The summed E-state index contributed by atoms with van der Waals surface area (Å²) in [5, 5.41) is 4.71. The molecule has 0 saturated heterocycles. The minimum absolute atomic E-state index is 0.123. The Morgan fingerprint density at radius 1 is 0.274 bits per heavy atom. The molecular formula is C78H72N6. The quantitative estimate of drug-likeness (QED) is 0.152. The van der Waals surface area contributed by atoms with E-state index in [1.54, 1.807) is 0 Å². The molecule has 84 heavy (non-hydrogen) atoms. The summed E-state index contributed by atoms with van der Waals surface area (Å²) in [6.07, 6.45) is 3.97. The van der Waals surface area contributed by atoms with Gasteiger partial charge in [-0.1, -0.05) is 204 Å². The van der Waals surface area contributed by atoms with E-state index in [0.717, 1.165) is 83.2 Å². The van der Waals surface area contributed by atoms with Gasteiger partial charge < -0.3 is 9.13 Å². The van der Waals surface area contributed by atoms with Crippen LogP contribution in [0.2, 0.25) is 0 Å². The third kappa shape index (κ3) is 9.87. The van der Waals surface area contributed by atoms with Crippen molar-refractivity contribution in [3.63, 3.8) is 0 Å². The normalized spacial score (nSPS) is 12.5. The minimum atomic E-state index is -0.123. The Morgan fingerprint density at radius 3 is 1.10 bits per heavy atom. The van der Waals surface area contributed by atoms with Gasteiger partial charge in [0.25, 0.3) is 0 Å². The van der Waals surface area contributed by atoms with Crippen LogP contribution in [-0.4, -0.2) is 29.1 Å². The van der Waals surface area contributed by atoms with E-state index in [1.165, 1.54) is 44.2 Å². The summed E-state index contributed by atoms with van der Waals surface area (Å²) >= 11 is 0. The highest BCUT2D eigenvalue weighted by Crippen LogP contribution is 2.44. The van der Waals surface area contributed by atoms with Gasteiger partial charge in [0.1, 0.15) is 0 Å². The Bertz CT molecular complexity index is 4380. The van der Waals surface area contributed by atoms with Crippen molar-refractivity contribution >= 4 is 43.6 Å². The lowest BCUT2D eigenvalue weighted by Gasteiger charge is -2.26. The average Bonchev–Trinajstić information content (AvgIpc) is 1.73. The Kier molecular flexibility index (Phi) is 13.0. The second-order valence-electron chi connectivity index (χ2n) is 26.9. The predicted molar refractivity (Wildman–Crippen MR) is 354 cm³/mol. The topological polar surface area (TPSA) is 61.4 Å². The van der Waals surface area contributed by atoms with E-state index >= 15 is 0 Å². The third-order valence-electron chi connectivity index (χ3n) is 16.9. The SMILES string of the molecule is CC(C)(C)c1cc(-c2nc(-c3cc(C(C)(C)C)cc(C(C)(C)C)c3)nc(-c3ccc(-n4c5ccccc5c5ccccc54)c(-c4ccncc4-n4c5ccc(-c6ccccc6)cc5c5cc(-c6ccccc6)ccc54)c3)n2)cc(C(C)(C)C)c1. The molecule has 6 nitrogen and oxygen atoms in total. The van der Waals surface area contributed by atoms with Gasteiger partial charge in [0.15, 0.2) is 17.5 Å². The number of hydrogen-bond donors (Lipinski definition) is 0. The van der Waals surface area contributed by atoms with Gasteiger partial charge in [-0.15, -0.1) is 0 Å². The standard InChI is InChI=1S/C78H72N6/c1-75(2,3)56-39-54(40-57(46-56)76(4,5)6)73-80-72(81-74(82-73)55-41-58(77(7,8)9)47-59(42-55)78(10,11)12)53-33-36-68(83-66-29-21-19-27-60(66)61-28-20-22-30-67(61)83)63(45-53)62-37-38-79-48-71(62)84-69-34-31-51(49-23-15-13-16-24-49)43-64(69)65-44-52(32-35-70(65)84)50-25-17-14-18-26-50/h13-48H,1-12H3. The molecule has 0 aliphatic carbocycles. The second-order valence-corrected chi connectivity index (χ2v) is 26.9. The first-order valence-corrected chi connectivity index (χ1v) is 29.5. The molecule has 6 heteroatoms. The number of hydrogen-bond acceptors (Lipinski definition) is 4. The Labute approximate surface area is 494 Å². The average molecular weight is 1090 g/mol. The van der Waals surface area contributed by atoms with Crippen LogP contribution >= 0.6 is 0 Å². The summed E-state index contributed by atoms with van der Waals surface area (Å²) in [5.74, 6) is 1.87. The zero-order valence-corrected chi connectivity index (χ0v) is 50.5. The maximum atomic E-state index is 5.59. The molecule has 13 rings (SSSR count). The molecular weight excluding hydrogens is 1020 g/mol. The lowest BCUT2D eigenvalue weighted by atomic mass is 9.79. The van der Waals surface area contributed by atoms with Gasteiger partial charge in [0, 0.05) is 55.6 Å². The molecule has 0 amide bonds. The maximum absolute atomic E-state index is 5.59. The highest BCUT2D eigenvalue weighted by atomic mass is 15.0. The fourth-order valence-corrected chi connectivity index (χ4v) is 12.0. The summed E-state index contributed by atoms with van der Waals surface area (Å²) in [5.41, 5.74) is 20.3. The van der Waals surface area contributed by atoms with Gasteiger partial charge in [0.05, 0.1) is 39.6 Å². The largest absolute Gasteiger partial charge is 0.309 e. The monoisotopic (exact) mass is 1090 g/mol. The van der Waals surface area contributed by atoms with Crippen LogP contribution in [0.5, 0.6) is 0 Å². The van der Waals surface area contributed by atoms with Crippen molar-refractivity contribution in [1.82, 2.24) is 29.1 Å². The first kappa shape index (κ1) is 54.0. The van der Waals surface area contributed by atoms with E-state index in [-0.39, 0.29) is 21.7 Å². The number of rotatable bonds is 8. The molecule has 0 N–H and O–H groups in total. The van der Waals surface area contributed by atoms with Gasteiger partial charge in [-0.05, 0) is 151 Å². The van der Waals surface area contributed by atoms with Crippen molar-refractivity contribution < 1.29 is 0 Å². The van der Waals surface area contributed by atoms with Gasteiger partial charge in [0.2, 0.25) is 0 Å². The molecule has 4 heterocycles. The second kappa shape index (κ2) is 20.3. The highest BCUT2D eigenvalue weighted by Gasteiger charge is 2.27. The van der Waals surface area contributed by atoms with Crippen molar-refractivity contribution in [3.8, 4) is 78.9 Å².